The highest BCUT2D eigenvalue weighted by molar-refractivity contribution is 5.93. The number of nitrogens with zero attached hydrogens (tertiary/aromatic N) is 3. The molecule has 1 amide bonds. The van der Waals surface area contributed by atoms with Crippen LogP contribution < -0.4 is 4.74 Å². The quantitative estimate of drug-likeness (QED) is 0.789. The van der Waals surface area contributed by atoms with Crippen molar-refractivity contribution in [1.82, 2.24) is 14.9 Å². The Morgan fingerprint density at radius 1 is 1.56 bits per heavy atom. The number of likely N-dealkylation sites (N-methyl/N-ethyl adjacent to an activating group) is 1. The third-order valence-corrected chi connectivity index (χ3v) is 2.91. The fraction of sp³-hybridized carbons (Fsp3) is 0.583. The second kappa shape index (κ2) is 5.77. The van der Waals surface area contributed by atoms with Crippen LogP contribution in [0, 0.1) is 0 Å². The van der Waals surface area contributed by atoms with Gasteiger partial charge in [-0.1, -0.05) is 0 Å². The minimum absolute atomic E-state index is 0.104. The van der Waals surface area contributed by atoms with Crippen LogP contribution in [0.3, 0.4) is 0 Å². The molecule has 0 radical (unpaired) electrons. The van der Waals surface area contributed by atoms with Crippen LogP contribution in [0.1, 0.15) is 23.2 Å². The van der Waals surface area contributed by atoms with E-state index in [0.717, 1.165) is 19.4 Å². The van der Waals surface area contributed by atoms with Gasteiger partial charge < -0.3 is 14.4 Å². The standard InChI is InChI=1S/C12H17N3O3/c1-15(8-10-4-3-5-18-10)11(16)9-6-13-12(17-2)14-7-9/h6-7,10H,3-5,8H2,1-2H3. The average molecular weight is 251 g/mol. The molecule has 2 heterocycles. The van der Waals surface area contributed by atoms with Crippen LogP contribution in [0.2, 0.25) is 0 Å². The summed E-state index contributed by atoms with van der Waals surface area (Å²) in [5.41, 5.74) is 0.455. The van der Waals surface area contributed by atoms with Crippen molar-refractivity contribution in [2.45, 2.75) is 18.9 Å². The van der Waals surface area contributed by atoms with Gasteiger partial charge >= 0.3 is 6.01 Å². The van der Waals surface area contributed by atoms with E-state index in [2.05, 4.69) is 9.97 Å². The molecule has 0 aromatic carbocycles. The summed E-state index contributed by atoms with van der Waals surface area (Å²) in [4.78, 5) is 21.6. The molecule has 0 aliphatic carbocycles. The Labute approximate surface area is 106 Å². The number of aromatic nitrogens is 2. The minimum Gasteiger partial charge on any atom is -0.467 e. The number of methoxy groups -OCH3 is 1. The van der Waals surface area contributed by atoms with Crippen molar-refractivity contribution in [1.29, 1.82) is 0 Å². The van der Waals surface area contributed by atoms with E-state index in [9.17, 15) is 4.79 Å². The summed E-state index contributed by atoms with van der Waals surface area (Å²) in [6.45, 7) is 1.39. The third kappa shape index (κ3) is 2.95. The average Bonchev–Trinajstić information content (AvgIpc) is 2.91. The number of ether oxygens (including phenoxy) is 2. The molecule has 0 saturated carbocycles. The molecule has 1 saturated heterocycles. The van der Waals surface area contributed by atoms with Crippen LogP contribution in [0.5, 0.6) is 6.01 Å². The van der Waals surface area contributed by atoms with Gasteiger partial charge in [0.1, 0.15) is 0 Å². The number of carbonyl (C=O) groups excluding carboxylic acids is 1. The fourth-order valence-electron chi connectivity index (χ4n) is 1.93. The third-order valence-electron chi connectivity index (χ3n) is 2.91. The van der Waals surface area contributed by atoms with Crippen molar-refractivity contribution < 1.29 is 14.3 Å². The monoisotopic (exact) mass is 251 g/mol. The van der Waals surface area contributed by atoms with Gasteiger partial charge in [-0.2, -0.15) is 0 Å². The molecule has 1 aromatic heterocycles. The summed E-state index contributed by atoms with van der Waals surface area (Å²) in [6.07, 6.45) is 5.17. The van der Waals surface area contributed by atoms with Crippen molar-refractivity contribution in [3.05, 3.63) is 18.0 Å². The summed E-state index contributed by atoms with van der Waals surface area (Å²) in [7, 11) is 3.24. The Balaban J connectivity index is 1.95. The molecule has 6 nitrogen and oxygen atoms in total. The summed E-state index contributed by atoms with van der Waals surface area (Å²) in [6, 6.07) is 0.258. The molecule has 1 unspecified atom stereocenters. The van der Waals surface area contributed by atoms with E-state index >= 15 is 0 Å². The summed E-state index contributed by atoms with van der Waals surface area (Å²) in [5, 5.41) is 0. The molecule has 6 heteroatoms. The maximum Gasteiger partial charge on any atom is 0.316 e. The van der Waals surface area contributed by atoms with Crippen LogP contribution in [-0.4, -0.2) is 54.2 Å². The van der Waals surface area contributed by atoms with Crippen LogP contribution in [-0.2, 0) is 4.74 Å². The summed E-state index contributed by atoms with van der Waals surface area (Å²) < 4.78 is 10.4. The lowest BCUT2D eigenvalue weighted by Gasteiger charge is -2.20. The molecule has 18 heavy (non-hydrogen) atoms. The van der Waals surface area contributed by atoms with Crippen molar-refractivity contribution in [2.24, 2.45) is 0 Å². The van der Waals surface area contributed by atoms with E-state index in [4.69, 9.17) is 9.47 Å². The highest BCUT2D eigenvalue weighted by Crippen LogP contribution is 2.14. The second-order valence-corrected chi connectivity index (χ2v) is 4.28. The summed E-state index contributed by atoms with van der Waals surface area (Å²) >= 11 is 0. The van der Waals surface area contributed by atoms with Gasteiger partial charge in [0.25, 0.3) is 5.91 Å². The van der Waals surface area contributed by atoms with Crippen LogP contribution >= 0.6 is 0 Å². The van der Waals surface area contributed by atoms with Crippen molar-refractivity contribution in [2.75, 3.05) is 27.3 Å². The zero-order valence-electron chi connectivity index (χ0n) is 10.6. The van der Waals surface area contributed by atoms with E-state index in [1.54, 1.807) is 11.9 Å². The smallest absolute Gasteiger partial charge is 0.316 e. The lowest BCUT2D eigenvalue weighted by molar-refractivity contribution is 0.0586. The molecule has 98 valence electrons. The van der Waals surface area contributed by atoms with Gasteiger partial charge in [-0.25, -0.2) is 9.97 Å². The second-order valence-electron chi connectivity index (χ2n) is 4.28. The first-order valence-corrected chi connectivity index (χ1v) is 5.94. The first-order chi connectivity index (χ1) is 8.70. The Kier molecular flexibility index (Phi) is 4.09. The molecule has 0 N–H and O–H groups in total. The first kappa shape index (κ1) is 12.8. The molecule has 0 spiro atoms. The largest absolute Gasteiger partial charge is 0.467 e. The number of hydrogen-bond donors (Lipinski definition) is 0. The van der Waals surface area contributed by atoms with Gasteiger partial charge in [0.05, 0.1) is 18.8 Å². The molecular weight excluding hydrogens is 234 g/mol. The summed E-state index contributed by atoms with van der Waals surface area (Å²) in [5.74, 6) is -0.104. The molecule has 1 aliphatic rings. The molecule has 0 bridgehead atoms. The van der Waals surface area contributed by atoms with Crippen LogP contribution in [0.25, 0.3) is 0 Å². The highest BCUT2D eigenvalue weighted by Gasteiger charge is 2.21. The number of amides is 1. The van der Waals surface area contributed by atoms with Gasteiger partial charge in [-0.15, -0.1) is 0 Å². The predicted octanol–water partition coefficient (Wildman–Crippen LogP) is 0.736. The highest BCUT2D eigenvalue weighted by atomic mass is 16.5. The predicted molar refractivity (Wildman–Crippen MR) is 64.5 cm³/mol. The Hall–Kier alpha value is -1.69. The Morgan fingerprint density at radius 3 is 2.83 bits per heavy atom. The lowest BCUT2D eigenvalue weighted by Crippen LogP contribution is -2.34. The van der Waals surface area contributed by atoms with Gasteiger partial charge in [-0.05, 0) is 12.8 Å². The minimum atomic E-state index is -0.104. The van der Waals surface area contributed by atoms with Gasteiger partial charge in [-0.3, -0.25) is 4.79 Å². The van der Waals surface area contributed by atoms with Gasteiger partial charge in [0, 0.05) is 32.6 Å². The van der Waals surface area contributed by atoms with Crippen LogP contribution in [0.4, 0.5) is 0 Å². The molecule has 1 fully saturated rings. The van der Waals surface area contributed by atoms with Crippen molar-refractivity contribution in [3.63, 3.8) is 0 Å². The molecule has 2 rings (SSSR count). The van der Waals surface area contributed by atoms with E-state index in [-0.39, 0.29) is 18.0 Å². The van der Waals surface area contributed by atoms with Crippen molar-refractivity contribution >= 4 is 5.91 Å². The number of carbonyl (C=O) groups is 1. The normalized spacial score (nSPS) is 18.7. The van der Waals surface area contributed by atoms with E-state index in [1.165, 1.54) is 19.5 Å². The number of rotatable bonds is 4. The van der Waals surface area contributed by atoms with E-state index in [0.29, 0.717) is 12.1 Å². The SMILES string of the molecule is COc1ncc(C(=O)N(C)CC2CCCO2)cn1. The van der Waals surface area contributed by atoms with Crippen molar-refractivity contribution in [3.8, 4) is 6.01 Å². The maximum atomic E-state index is 12.1. The van der Waals surface area contributed by atoms with Gasteiger partial charge in [0.15, 0.2) is 0 Å². The van der Waals surface area contributed by atoms with Gasteiger partial charge in [0.2, 0.25) is 0 Å². The zero-order chi connectivity index (χ0) is 13.0. The molecule has 1 atom stereocenters. The topological polar surface area (TPSA) is 64.5 Å². The van der Waals surface area contributed by atoms with E-state index < -0.39 is 0 Å². The lowest BCUT2D eigenvalue weighted by atomic mass is 10.2. The number of hydrogen-bond acceptors (Lipinski definition) is 5. The fourth-order valence-corrected chi connectivity index (χ4v) is 1.93. The zero-order valence-corrected chi connectivity index (χ0v) is 10.6. The maximum absolute atomic E-state index is 12.1. The van der Waals surface area contributed by atoms with E-state index in [1.807, 2.05) is 0 Å². The Bertz CT molecular complexity index is 402. The van der Waals surface area contributed by atoms with Crippen LogP contribution in [0.15, 0.2) is 12.4 Å². The molecule has 1 aliphatic heterocycles. The molecular formula is C12H17N3O3. The molecule has 1 aromatic rings. The Morgan fingerprint density at radius 2 is 2.28 bits per heavy atom. The first-order valence-electron chi connectivity index (χ1n) is 5.94.